The number of nitrogens with one attached hydrogen (secondary N) is 2. The molecule has 1 amide bonds. The molecule has 1 aromatic carbocycles. The number of aromatic nitrogens is 5. The number of nitrogens with two attached hydrogens (primary N) is 1. The lowest BCUT2D eigenvalue weighted by Crippen LogP contribution is -2.46. The van der Waals surface area contributed by atoms with Crippen LogP contribution in [0, 0.1) is 0 Å². The Labute approximate surface area is 218 Å². The van der Waals surface area contributed by atoms with E-state index in [2.05, 4.69) is 30.4 Å². The normalized spacial score (nSPS) is 14.9. The minimum Gasteiger partial charge on any atom is -0.497 e. The van der Waals surface area contributed by atoms with Crippen LogP contribution in [0.1, 0.15) is 25.3 Å². The largest absolute Gasteiger partial charge is 0.497 e. The van der Waals surface area contributed by atoms with Gasteiger partial charge in [0.05, 0.1) is 24.0 Å². The minimum atomic E-state index is -0.755. The van der Waals surface area contributed by atoms with Gasteiger partial charge >= 0.3 is 6.09 Å². The summed E-state index contributed by atoms with van der Waals surface area (Å²) in [4.78, 5) is 27.0. The molecular weight excluding hydrogens is 496 g/mol. The maximum absolute atomic E-state index is 11.2. The van der Waals surface area contributed by atoms with E-state index in [1.807, 2.05) is 37.3 Å². The van der Waals surface area contributed by atoms with Crippen molar-refractivity contribution in [3.8, 4) is 17.0 Å². The Kier molecular flexibility index (Phi) is 6.70. The molecule has 11 nitrogen and oxygen atoms in total. The Balaban J connectivity index is 1.33. The van der Waals surface area contributed by atoms with Crippen molar-refractivity contribution in [1.29, 1.82) is 0 Å². The number of hydrogen-bond donors (Lipinski definition) is 3. The van der Waals surface area contributed by atoms with E-state index >= 15 is 0 Å². The van der Waals surface area contributed by atoms with Gasteiger partial charge in [0, 0.05) is 44.2 Å². The summed E-state index contributed by atoms with van der Waals surface area (Å²) in [5.41, 5.74) is 8.17. The first-order valence-electron chi connectivity index (χ1n) is 11.8. The summed E-state index contributed by atoms with van der Waals surface area (Å²) in [6.45, 7) is 3.75. The van der Waals surface area contributed by atoms with Crippen LogP contribution in [-0.2, 0) is 11.3 Å². The van der Waals surface area contributed by atoms with E-state index in [-0.39, 0.29) is 0 Å². The molecule has 0 aliphatic carbocycles. The van der Waals surface area contributed by atoms with Crippen LogP contribution in [-0.4, -0.2) is 57.0 Å². The number of carbonyl (C=O) groups excluding carboxylic acids is 1. The van der Waals surface area contributed by atoms with Crippen molar-refractivity contribution < 1.29 is 14.3 Å². The molecule has 1 fully saturated rings. The van der Waals surface area contributed by atoms with Gasteiger partial charge in [-0.25, -0.2) is 19.7 Å². The third-order valence-corrected chi connectivity index (χ3v) is 6.90. The highest BCUT2D eigenvalue weighted by atomic mass is 35.5. The van der Waals surface area contributed by atoms with E-state index in [0.29, 0.717) is 66.0 Å². The van der Waals surface area contributed by atoms with Crippen LogP contribution >= 0.6 is 11.6 Å². The average molecular weight is 523 g/mol. The van der Waals surface area contributed by atoms with Gasteiger partial charge in [-0.15, -0.1) is 0 Å². The van der Waals surface area contributed by atoms with Crippen molar-refractivity contribution in [3.63, 3.8) is 0 Å². The number of nitrogens with zero attached hydrogens (tertiary/aromatic N) is 5. The maximum Gasteiger partial charge on any atom is 0.405 e. The number of primary amides is 1. The molecule has 0 spiro atoms. The Hall–Kier alpha value is -4.12. The number of fused-ring (bicyclic) bond motifs is 1. The molecule has 0 saturated carbocycles. The number of methoxy groups -OCH3 is 1. The fraction of sp³-hybridized carbons (Fsp3) is 0.320. The summed E-state index contributed by atoms with van der Waals surface area (Å²) in [7, 11) is 1.64. The molecule has 5 rings (SSSR count). The molecule has 0 bridgehead atoms. The number of benzene rings is 1. The van der Waals surface area contributed by atoms with E-state index in [0.717, 1.165) is 16.9 Å². The number of halogens is 1. The second-order valence-corrected chi connectivity index (χ2v) is 9.46. The zero-order chi connectivity index (χ0) is 26.0. The number of H-pyrrole nitrogens is 1. The number of rotatable bonds is 7. The van der Waals surface area contributed by atoms with Crippen molar-refractivity contribution in [2.45, 2.75) is 31.9 Å². The molecule has 0 atom stereocenters. The SMILES string of the molecule is COc1ccc(CNc2nccc(-c3[nH]nc4nc(N5CCC(C)(OC(N)=O)CC5)cnc34)c2Cl)cc1. The monoisotopic (exact) mass is 522 g/mol. The van der Waals surface area contributed by atoms with Gasteiger partial charge in [-0.3, -0.25) is 5.10 Å². The Morgan fingerprint density at radius 1 is 1.22 bits per heavy atom. The number of amides is 1. The summed E-state index contributed by atoms with van der Waals surface area (Å²) in [5, 5.41) is 11.2. The van der Waals surface area contributed by atoms with Gasteiger partial charge in [0.15, 0.2) is 0 Å². The molecule has 4 heterocycles. The topological polar surface area (TPSA) is 144 Å². The molecular formula is C25H27ClN8O3. The molecule has 1 aliphatic rings. The van der Waals surface area contributed by atoms with E-state index < -0.39 is 11.7 Å². The van der Waals surface area contributed by atoms with Gasteiger partial charge in [0.25, 0.3) is 0 Å². The lowest BCUT2D eigenvalue weighted by atomic mass is 9.93. The van der Waals surface area contributed by atoms with Crippen LogP contribution in [0.4, 0.5) is 16.4 Å². The van der Waals surface area contributed by atoms with Gasteiger partial charge in [-0.05, 0) is 30.7 Å². The maximum atomic E-state index is 11.2. The molecule has 1 saturated heterocycles. The van der Waals surface area contributed by atoms with Crippen LogP contribution in [0.2, 0.25) is 5.02 Å². The van der Waals surface area contributed by atoms with Crippen molar-refractivity contribution in [3.05, 3.63) is 53.3 Å². The highest BCUT2D eigenvalue weighted by molar-refractivity contribution is 6.35. The van der Waals surface area contributed by atoms with E-state index in [9.17, 15) is 4.79 Å². The molecule has 37 heavy (non-hydrogen) atoms. The molecule has 4 aromatic rings. The second-order valence-electron chi connectivity index (χ2n) is 9.08. The number of carbonyl (C=O) groups is 1. The molecule has 1 aliphatic heterocycles. The molecule has 0 radical (unpaired) electrons. The number of hydrogen-bond acceptors (Lipinski definition) is 9. The summed E-state index contributed by atoms with van der Waals surface area (Å²) < 4.78 is 10.5. The summed E-state index contributed by atoms with van der Waals surface area (Å²) in [6, 6.07) is 9.58. The third kappa shape index (κ3) is 5.21. The summed E-state index contributed by atoms with van der Waals surface area (Å²) in [5.74, 6) is 2.05. The van der Waals surface area contributed by atoms with Crippen LogP contribution in [0.25, 0.3) is 22.4 Å². The number of anilines is 2. The Morgan fingerprint density at radius 3 is 2.68 bits per heavy atom. The molecule has 0 unspecified atom stereocenters. The van der Waals surface area contributed by atoms with Gasteiger partial charge in [0.2, 0.25) is 5.65 Å². The number of aromatic amines is 1. The third-order valence-electron chi connectivity index (χ3n) is 6.52. The Morgan fingerprint density at radius 2 is 1.97 bits per heavy atom. The van der Waals surface area contributed by atoms with Gasteiger partial charge in [-0.1, -0.05) is 23.7 Å². The lowest BCUT2D eigenvalue weighted by Gasteiger charge is -2.38. The number of ether oxygens (including phenoxy) is 2. The predicted octanol–water partition coefficient (Wildman–Crippen LogP) is 4.14. The first-order valence-corrected chi connectivity index (χ1v) is 12.2. The highest BCUT2D eigenvalue weighted by Gasteiger charge is 2.34. The van der Waals surface area contributed by atoms with Crippen LogP contribution < -0.4 is 20.7 Å². The number of piperidine rings is 1. The molecule has 4 N–H and O–H groups in total. The van der Waals surface area contributed by atoms with E-state index in [1.165, 1.54) is 0 Å². The highest BCUT2D eigenvalue weighted by Crippen LogP contribution is 2.35. The van der Waals surface area contributed by atoms with Crippen molar-refractivity contribution >= 4 is 40.5 Å². The van der Waals surface area contributed by atoms with Crippen LogP contribution in [0.3, 0.4) is 0 Å². The van der Waals surface area contributed by atoms with Gasteiger partial charge in [0.1, 0.15) is 28.5 Å². The molecule has 192 valence electrons. The van der Waals surface area contributed by atoms with Gasteiger partial charge in [-0.2, -0.15) is 5.10 Å². The zero-order valence-electron chi connectivity index (χ0n) is 20.5. The summed E-state index contributed by atoms with van der Waals surface area (Å²) >= 11 is 6.74. The van der Waals surface area contributed by atoms with Crippen molar-refractivity contribution in [1.82, 2.24) is 25.1 Å². The first-order chi connectivity index (χ1) is 17.8. The Bertz CT molecular complexity index is 1420. The fourth-order valence-corrected chi connectivity index (χ4v) is 4.64. The van der Waals surface area contributed by atoms with Crippen molar-refractivity contribution in [2.24, 2.45) is 5.73 Å². The van der Waals surface area contributed by atoms with Gasteiger partial charge < -0.3 is 25.4 Å². The van der Waals surface area contributed by atoms with Crippen LogP contribution in [0.15, 0.2) is 42.7 Å². The number of pyridine rings is 1. The van der Waals surface area contributed by atoms with E-state index in [4.69, 9.17) is 31.8 Å². The summed E-state index contributed by atoms with van der Waals surface area (Å²) in [6.07, 6.45) is 3.93. The van der Waals surface area contributed by atoms with E-state index in [1.54, 1.807) is 19.5 Å². The second kappa shape index (κ2) is 10.1. The fourth-order valence-electron chi connectivity index (χ4n) is 4.37. The standard InChI is InChI=1S/C25H27ClN8O3/c1-25(37-24(27)35)8-11-34(12-9-25)18-14-29-21-20(32-33-23(21)31-18)17-7-10-28-22(19(17)26)30-13-15-3-5-16(36-2)6-4-15/h3-7,10,14H,8-9,11-13H2,1-2H3,(H2,27,35)(H,28,30)(H,31,32,33). The molecule has 3 aromatic heterocycles. The smallest absolute Gasteiger partial charge is 0.405 e. The first kappa shape index (κ1) is 24.6. The van der Waals surface area contributed by atoms with Crippen molar-refractivity contribution in [2.75, 3.05) is 30.4 Å². The predicted molar refractivity (Wildman–Crippen MR) is 141 cm³/mol. The lowest BCUT2D eigenvalue weighted by molar-refractivity contribution is 0.0126. The average Bonchev–Trinajstić information content (AvgIpc) is 3.31. The zero-order valence-corrected chi connectivity index (χ0v) is 21.2. The van der Waals surface area contributed by atoms with Crippen LogP contribution in [0.5, 0.6) is 5.75 Å². The minimum absolute atomic E-state index is 0.456. The quantitative estimate of drug-likeness (QED) is 0.326. The molecule has 12 heteroatoms.